The van der Waals surface area contributed by atoms with Crippen LogP contribution in [0.25, 0.3) is 0 Å². The summed E-state index contributed by atoms with van der Waals surface area (Å²) in [5.41, 5.74) is 1.39. The maximum absolute atomic E-state index is 5.89. The first kappa shape index (κ1) is 15.0. The first-order chi connectivity index (χ1) is 8.76. The Labute approximate surface area is 112 Å². The Morgan fingerprint density at radius 3 is 2.39 bits per heavy atom. The number of aryl methyl sites for hydroxylation is 1. The summed E-state index contributed by atoms with van der Waals surface area (Å²) in [7, 11) is 0. The summed E-state index contributed by atoms with van der Waals surface area (Å²) in [6.45, 7) is 8.65. The SMILES string of the molecule is CCCNCCC(C)Oc1ccc(CCC)cc1. The molecular formula is C16H27NO. The van der Waals surface area contributed by atoms with Gasteiger partial charge in [-0.1, -0.05) is 32.4 Å². The van der Waals surface area contributed by atoms with Crippen LogP contribution in [0.1, 0.15) is 45.6 Å². The predicted octanol–water partition coefficient (Wildman–Crippen LogP) is 3.80. The van der Waals surface area contributed by atoms with E-state index in [1.165, 1.54) is 18.4 Å². The van der Waals surface area contributed by atoms with Crippen LogP contribution in [0.5, 0.6) is 5.75 Å². The standard InChI is InChI=1S/C16H27NO/c1-4-6-15-7-9-16(10-8-15)18-14(3)11-13-17-12-5-2/h7-10,14,17H,4-6,11-13H2,1-3H3. The molecule has 1 aromatic rings. The first-order valence-electron chi connectivity index (χ1n) is 7.22. The van der Waals surface area contributed by atoms with Crippen LogP contribution in [0.4, 0.5) is 0 Å². The predicted molar refractivity (Wildman–Crippen MR) is 78.3 cm³/mol. The van der Waals surface area contributed by atoms with Crippen LogP contribution in [0.2, 0.25) is 0 Å². The Morgan fingerprint density at radius 1 is 1.06 bits per heavy atom. The summed E-state index contributed by atoms with van der Waals surface area (Å²) in [6.07, 6.45) is 4.85. The van der Waals surface area contributed by atoms with E-state index in [-0.39, 0.29) is 6.10 Å². The highest BCUT2D eigenvalue weighted by atomic mass is 16.5. The minimum Gasteiger partial charge on any atom is -0.491 e. The van der Waals surface area contributed by atoms with E-state index in [1.807, 2.05) is 0 Å². The van der Waals surface area contributed by atoms with Crippen LogP contribution in [0.3, 0.4) is 0 Å². The van der Waals surface area contributed by atoms with Crippen molar-refractivity contribution in [1.82, 2.24) is 5.32 Å². The molecule has 0 fully saturated rings. The maximum atomic E-state index is 5.89. The highest BCUT2D eigenvalue weighted by Crippen LogP contribution is 2.15. The van der Waals surface area contributed by atoms with Crippen molar-refractivity contribution in [1.29, 1.82) is 0 Å². The molecule has 1 aromatic carbocycles. The third-order valence-electron chi connectivity index (χ3n) is 2.95. The van der Waals surface area contributed by atoms with Crippen LogP contribution in [-0.2, 0) is 6.42 Å². The third-order valence-corrected chi connectivity index (χ3v) is 2.95. The molecule has 0 saturated carbocycles. The summed E-state index contributed by atoms with van der Waals surface area (Å²) >= 11 is 0. The smallest absolute Gasteiger partial charge is 0.119 e. The van der Waals surface area contributed by atoms with Crippen molar-refractivity contribution < 1.29 is 4.74 Å². The Balaban J connectivity index is 2.28. The summed E-state index contributed by atoms with van der Waals surface area (Å²) in [6, 6.07) is 8.50. The molecule has 0 aliphatic rings. The number of ether oxygens (including phenoxy) is 1. The molecule has 0 amide bonds. The Kier molecular flexibility index (Phi) is 7.51. The van der Waals surface area contributed by atoms with E-state index < -0.39 is 0 Å². The number of benzene rings is 1. The lowest BCUT2D eigenvalue weighted by molar-refractivity contribution is 0.210. The molecule has 0 saturated heterocycles. The van der Waals surface area contributed by atoms with E-state index in [9.17, 15) is 0 Å². The molecule has 0 aromatic heterocycles. The number of nitrogens with one attached hydrogen (secondary N) is 1. The molecule has 1 N–H and O–H groups in total. The van der Waals surface area contributed by atoms with Gasteiger partial charge in [-0.25, -0.2) is 0 Å². The summed E-state index contributed by atoms with van der Waals surface area (Å²) in [5.74, 6) is 0.984. The van der Waals surface area contributed by atoms with Gasteiger partial charge in [-0.05, 0) is 57.0 Å². The topological polar surface area (TPSA) is 21.3 Å². The van der Waals surface area contributed by atoms with Crippen molar-refractivity contribution in [3.05, 3.63) is 29.8 Å². The lowest BCUT2D eigenvalue weighted by Gasteiger charge is -2.15. The molecule has 0 radical (unpaired) electrons. The second kappa shape index (κ2) is 8.98. The zero-order chi connectivity index (χ0) is 13.2. The fourth-order valence-corrected chi connectivity index (χ4v) is 1.92. The number of rotatable bonds is 9. The van der Waals surface area contributed by atoms with Gasteiger partial charge in [0.25, 0.3) is 0 Å². The van der Waals surface area contributed by atoms with Crippen LogP contribution < -0.4 is 10.1 Å². The largest absolute Gasteiger partial charge is 0.491 e. The minimum atomic E-state index is 0.270. The molecule has 1 atom stereocenters. The van der Waals surface area contributed by atoms with Crippen molar-refractivity contribution in [2.45, 2.75) is 52.6 Å². The molecule has 0 bridgehead atoms. The van der Waals surface area contributed by atoms with Crippen LogP contribution >= 0.6 is 0 Å². The summed E-state index contributed by atoms with van der Waals surface area (Å²) in [5, 5.41) is 3.40. The molecule has 0 aliphatic carbocycles. The maximum Gasteiger partial charge on any atom is 0.119 e. The van der Waals surface area contributed by atoms with Gasteiger partial charge in [0.1, 0.15) is 5.75 Å². The van der Waals surface area contributed by atoms with Gasteiger partial charge in [-0.15, -0.1) is 0 Å². The van der Waals surface area contributed by atoms with Gasteiger partial charge in [-0.2, -0.15) is 0 Å². The Morgan fingerprint density at radius 2 is 1.78 bits per heavy atom. The zero-order valence-corrected chi connectivity index (χ0v) is 12.0. The van der Waals surface area contributed by atoms with E-state index in [4.69, 9.17) is 4.74 Å². The van der Waals surface area contributed by atoms with E-state index in [2.05, 4.69) is 50.4 Å². The van der Waals surface area contributed by atoms with Crippen LogP contribution in [-0.4, -0.2) is 19.2 Å². The second-order valence-corrected chi connectivity index (χ2v) is 4.86. The fraction of sp³-hybridized carbons (Fsp3) is 0.625. The van der Waals surface area contributed by atoms with Crippen molar-refractivity contribution in [2.75, 3.05) is 13.1 Å². The fourth-order valence-electron chi connectivity index (χ4n) is 1.92. The molecule has 0 spiro atoms. The van der Waals surface area contributed by atoms with Crippen molar-refractivity contribution in [3.63, 3.8) is 0 Å². The van der Waals surface area contributed by atoms with E-state index in [1.54, 1.807) is 0 Å². The molecule has 102 valence electrons. The average molecular weight is 249 g/mol. The molecule has 2 nitrogen and oxygen atoms in total. The van der Waals surface area contributed by atoms with Gasteiger partial charge in [0.05, 0.1) is 6.10 Å². The molecule has 2 heteroatoms. The highest BCUT2D eigenvalue weighted by molar-refractivity contribution is 5.27. The van der Waals surface area contributed by atoms with E-state index in [0.29, 0.717) is 0 Å². The van der Waals surface area contributed by atoms with Crippen molar-refractivity contribution in [2.24, 2.45) is 0 Å². The van der Waals surface area contributed by atoms with Gasteiger partial charge in [0.2, 0.25) is 0 Å². The quantitative estimate of drug-likeness (QED) is 0.672. The summed E-state index contributed by atoms with van der Waals surface area (Å²) < 4.78 is 5.89. The molecule has 1 unspecified atom stereocenters. The third kappa shape index (κ3) is 6.06. The second-order valence-electron chi connectivity index (χ2n) is 4.86. The van der Waals surface area contributed by atoms with Crippen LogP contribution in [0, 0.1) is 0 Å². The molecule has 18 heavy (non-hydrogen) atoms. The molecule has 0 aliphatic heterocycles. The zero-order valence-electron chi connectivity index (χ0n) is 12.0. The van der Waals surface area contributed by atoms with Crippen molar-refractivity contribution in [3.8, 4) is 5.75 Å². The Hall–Kier alpha value is -1.02. The lowest BCUT2D eigenvalue weighted by Crippen LogP contribution is -2.22. The van der Waals surface area contributed by atoms with Gasteiger partial charge < -0.3 is 10.1 Å². The first-order valence-corrected chi connectivity index (χ1v) is 7.22. The summed E-state index contributed by atoms with van der Waals surface area (Å²) in [4.78, 5) is 0. The Bertz CT molecular complexity index is 307. The van der Waals surface area contributed by atoms with Crippen LogP contribution in [0.15, 0.2) is 24.3 Å². The average Bonchev–Trinajstić information content (AvgIpc) is 2.37. The molecular weight excluding hydrogens is 222 g/mol. The van der Waals surface area contributed by atoms with Gasteiger partial charge in [0, 0.05) is 0 Å². The molecule has 1 rings (SSSR count). The lowest BCUT2D eigenvalue weighted by atomic mass is 10.1. The van der Waals surface area contributed by atoms with E-state index >= 15 is 0 Å². The minimum absolute atomic E-state index is 0.270. The normalized spacial score (nSPS) is 12.4. The van der Waals surface area contributed by atoms with Gasteiger partial charge in [0.15, 0.2) is 0 Å². The van der Waals surface area contributed by atoms with Gasteiger partial charge >= 0.3 is 0 Å². The van der Waals surface area contributed by atoms with Crippen molar-refractivity contribution >= 4 is 0 Å². The highest BCUT2D eigenvalue weighted by Gasteiger charge is 2.03. The molecule has 0 heterocycles. The van der Waals surface area contributed by atoms with Gasteiger partial charge in [-0.3, -0.25) is 0 Å². The van der Waals surface area contributed by atoms with E-state index in [0.717, 1.165) is 31.7 Å². The number of hydrogen-bond acceptors (Lipinski definition) is 2. The number of hydrogen-bond donors (Lipinski definition) is 1. The monoisotopic (exact) mass is 249 g/mol.